The maximum Gasteiger partial charge on any atom is 0.325 e. The van der Waals surface area contributed by atoms with Crippen LogP contribution < -0.4 is 15.5 Å². The average molecular weight is 713 g/mol. The zero-order chi connectivity index (χ0) is 34.8. The number of nitrogens with one attached hydrogen (secondary N) is 2. The molecule has 1 spiro atoms. The minimum atomic E-state index is -0.461. The molecule has 1 fully saturated rings. The number of piperidine rings is 1. The van der Waals surface area contributed by atoms with Crippen LogP contribution in [0.5, 0.6) is 5.75 Å². The van der Waals surface area contributed by atoms with Crippen molar-refractivity contribution in [2.75, 3.05) is 41.7 Å². The monoisotopic (exact) mass is 712 g/mol. The number of aromatic hydroxyl groups is 1. The first-order chi connectivity index (χ1) is 23.9. The predicted molar refractivity (Wildman–Crippen MR) is 199 cm³/mol. The molecule has 0 radical (unpaired) electrons. The molecule has 2 aromatic heterocycles. The van der Waals surface area contributed by atoms with Crippen molar-refractivity contribution in [2.45, 2.75) is 51.9 Å². The Balaban J connectivity index is 1.17. The molecule has 8 nitrogen and oxygen atoms in total. The highest BCUT2D eigenvalue weighted by Crippen LogP contribution is 2.57. The minimum absolute atomic E-state index is 0.151. The van der Waals surface area contributed by atoms with Crippen molar-refractivity contribution in [1.82, 2.24) is 14.9 Å². The van der Waals surface area contributed by atoms with E-state index in [1.54, 1.807) is 12.1 Å². The van der Waals surface area contributed by atoms with Gasteiger partial charge in [-0.25, -0.2) is 23.5 Å². The average Bonchev–Trinajstić information content (AvgIpc) is 3.76. The van der Waals surface area contributed by atoms with Gasteiger partial charge in [-0.1, -0.05) is 44.2 Å². The van der Waals surface area contributed by atoms with Crippen molar-refractivity contribution in [1.29, 1.82) is 0 Å². The molecule has 50 heavy (non-hydrogen) atoms. The number of benzene rings is 3. The number of nitrogens with zero attached hydrogens (tertiary/aromatic N) is 4. The van der Waals surface area contributed by atoms with Crippen LogP contribution in [0.2, 0.25) is 0 Å². The SMILES string of the molecule is CC(C)(C)CN1CCC2(CC1)CN(c1ccccc1NC(=O)Nc1nc3c(s1)C=C(F)CC3)c1c(O)ccc(-c3nc4cc(F)ccc4s3)c12. The number of hydrogen-bond acceptors (Lipinski definition) is 8. The van der Waals surface area contributed by atoms with Gasteiger partial charge in [0.25, 0.3) is 0 Å². The van der Waals surface area contributed by atoms with Crippen molar-refractivity contribution in [3.8, 4) is 16.3 Å². The molecule has 3 aliphatic rings. The van der Waals surface area contributed by atoms with E-state index in [1.165, 1.54) is 40.9 Å². The van der Waals surface area contributed by atoms with Gasteiger partial charge in [-0.2, -0.15) is 0 Å². The van der Waals surface area contributed by atoms with Crippen molar-refractivity contribution >= 4 is 67.2 Å². The van der Waals surface area contributed by atoms with Crippen LogP contribution in [-0.4, -0.2) is 52.2 Å². The van der Waals surface area contributed by atoms with Crippen LogP contribution in [-0.2, 0) is 11.8 Å². The molecule has 3 aromatic carbocycles. The Hall–Kier alpha value is -4.39. The first kappa shape index (κ1) is 32.8. The number of rotatable bonds is 5. The lowest BCUT2D eigenvalue weighted by Gasteiger charge is -2.42. The lowest BCUT2D eigenvalue weighted by molar-refractivity contribution is 0.125. The smallest absolute Gasteiger partial charge is 0.325 e. The molecular weight excluding hydrogens is 675 g/mol. The van der Waals surface area contributed by atoms with E-state index in [0.717, 1.165) is 69.6 Å². The predicted octanol–water partition coefficient (Wildman–Crippen LogP) is 9.70. The summed E-state index contributed by atoms with van der Waals surface area (Å²) >= 11 is 2.77. The van der Waals surface area contributed by atoms with Crippen molar-refractivity contribution in [2.24, 2.45) is 5.41 Å². The number of para-hydroxylation sites is 2. The minimum Gasteiger partial charge on any atom is -0.506 e. The fraction of sp³-hybridized carbons (Fsp3) is 0.342. The Labute approximate surface area is 297 Å². The van der Waals surface area contributed by atoms with E-state index in [-0.39, 0.29) is 28.2 Å². The van der Waals surface area contributed by atoms with E-state index in [1.807, 2.05) is 30.3 Å². The topological polar surface area (TPSA) is 93.6 Å². The van der Waals surface area contributed by atoms with Gasteiger partial charge in [0, 0.05) is 36.6 Å². The molecule has 1 saturated heterocycles. The van der Waals surface area contributed by atoms with Gasteiger partial charge in [0.1, 0.15) is 22.4 Å². The number of hydrogen-bond donors (Lipinski definition) is 3. The molecule has 2 aliphatic heterocycles. The van der Waals surface area contributed by atoms with Crippen LogP contribution in [0.1, 0.15) is 56.2 Å². The highest BCUT2D eigenvalue weighted by molar-refractivity contribution is 7.21. The quantitative estimate of drug-likeness (QED) is 0.168. The summed E-state index contributed by atoms with van der Waals surface area (Å²) in [4.78, 5) is 28.2. The van der Waals surface area contributed by atoms with Gasteiger partial charge in [-0.3, -0.25) is 5.32 Å². The third-order valence-electron chi connectivity index (χ3n) is 9.79. The van der Waals surface area contributed by atoms with Gasteiger partial charge in [0.2, 0.25) is 0 Å². The number of aromatic nitrogens is 2. The molecule has 0 bridgehead atoms. The van der Waals surface area contributed by atoms with E-state index in [0.29, 0.717) is 41.4 Å². The van der Waals surface area contributed by atoms with Crippen LogP contribution in [0, 0.1) is 11.2 Å². The molecule has 4 heterocycles. The summed E-state index contributed by atoms with van der Waals surface area (Å²) < 4.78 is 28.9. The number of urea groups is 1. The van der Waals surface area contributed by atoms with Gasteiger partial charge in [-0.05, 0) is 85.8 Å². The molecule has 258 valence electrons. The first-order valence-corrected chi connectivity index (χ1v) is 18.5. The number of halogens is 2. The van der Waals surface area contributed by atoms with Crippen LogP contribution in [0.25, 0.3) is 26.9 Å². The number of anilines is 4. The molecule has 0 unspecified atom stereocenters. The number of aryl methyl sites for hydroxylation is 1. The number of carbonyl (C=O) groups is 1. The number of carbonyl (C=O) groups excluding carboxylic acids is 1. The molecule has 8 rings (SSSR count). The Morgan fingerprint density at radius 2 is 1.80 bits per heavy atom. The lowest BCUT2D eigenvalue weighted by atomic mass is 9.72. The number of amides is 2. The largest absolute Gasteiger partial charge is 0.506 e. The standard InChI is InChI=1S/C38H38F2N6O2S2/c1-37(2,3)20-45-16-14-38(15-17-45)21-46(33-29(47)12-10-24(32(33)38)34-41-27-18-22(39)9-13-30(27)49-34)28-7-5-4-6-25(28)42-35(48)44-36-43-26-11-8-23(40)19-31(26)50-36/h4-7,9-10,12-13,18-19,47H,8,11,14-17,20-21H2,1-3H3,(H2,42,43,44,48). The number of phenolic OH excluding ortho intramolecular Hbond substituents is 1. The zero-order valence-electron chi connectivity index (χ0n) is 28.1. The molecule has 0 atom stereocenters. The molecule has 3 N–H and O–H groups in total. The fourth-order valence-electron chi connectivity index (χ4n) is 7.70. The van der Waals surface area contributed by atoms with Crippen LogP contribution in [0.3, 0.4) is 0 Å². The molecular formula is C38H38F2N6O2S2. The summed E-state index contributed by atoms with van der Waals surface area (Å²) in [7, 11) is 0. The molecule has 5 aromatic rings. The third-order valence-corrected chi connectivity index (χ3v) is 11.8. The first-order valence-electron chi connectivity index (χ1n) is 16.9. The summed E-state index contributed by atoms with van der Waals surface area (Å²) in [6, 6.07) is 15.5. The van der Waals surface area contributed by atoms with Gasteiger partial charge >= 0.3 is 6.03 Å². The van der Waals surface area contributed by atoms with E-state index in [9.17, 15) is 18.7 Å². The highest BCUT2D eigenvalue weighted by Gasteiger charge is 2.49. The van der Waals surface area contributed by atoms with Gasteiger partial charge < -0.3 is 20.2 Å². The number of thiazole rings is 2. The summed E-state index contributed by atoms with van der Waals surface area (Å²) in [5, 5.41) is 18.7. The molecule has 0 saturated carbocycles. The van der Waals surface area contributed by atoms with Gasteiger partial charge in [-0.15, -0.1) is 11.3 Å². The van der Waals surface area contributed by atoms with E-state index in [4.69, 9.17) is 4.98 Å². The van der Waals surface area contributed by atoms with E-state index >= 15 is 0 Å². The van der Waals surface area contributed by atoms with Crippen LogP contribution in [0.4, 0.5) is 35.8 Å². The van der Waals surface area contributed by atoms with Crippen LogP contribution >= 0.6 is 22.7 Å². The normalized spacial score (nSPS) is 17.1. The van der Waals surface area contributed by atoms with Crippen LogP contribution in [0.15, 0.2) is 60.4 Å². The maximum atomic E-state index is 14.2. The van der Waals surface area contributed by atoms with E-state index in [2.05, 4.69) is 46.2 Å². The Morgan fingerprint density at radius 3 is 2.60 bits per heavy atom. The number of phenols is 1. The second kappa shape index (κ2) is 12.4. The second-order valence-electron chi connectivity index (χ2n) is 14.7. The Kier molecular flexibility index (Phi) is 8.15. The second-order valence-corrected chi connectivity index (χ2v) is 16.8. The fourth-order valence-corrected chi connectivity index (χ4v) is 9.63. The summed E-state index contributed by atoms with van der Waals surface area (Å²) in [6.45, 7) is 10.2. The molecule has 1 aliphatic carbocycles. The van der Waals surface area contributed by atoms with Crippen molar-refractivity contribution in [3.63, 3.8) is 0 Å². The number of allylic oxidation sites excluding steroid dienone is 1. The van der Waals surface area contributed by atoms with Crippen molar-refractivity contribution < 1.29 is 18.7 Å². The summed E-state index contributed by atoms with van der Waals surface area (Å²) in [6.07, 6.45) is 4.06. The van der Waals surface area contributed by atoms with Crippen molar-refractivity contribution in [3.05, 3.63) is 82.4 Å². The highest BCUT2D eigenvalue weighted by atomic mass is 32.1. The summed E-state index contributed by atoms with van der Waals surface area (Å²) in [5.41, 5.74) is 5.26. The van der Waals surface area contributed by atoms with Gasteiger partial charge in [0.15, 0.2) is 5.13 Å². The Morgan fingerprint density at radius 1 is 1.00 bits per heavy atom. The number of fused-ring (bicyclic) bond motifs is 4. The molecule has 12 heteroatoms. The summed E-state index contributed by atoms with van der Waals surface area (Å²) in [5.74, 6) is -0.358. The third kappa shape index (κ3) is 6.13. The zero-order valence-corrected chi connectivity index (χ0v) is 29.8. The molecule has 2 amide bonds. The maximum absolute atomic E-state index is 14.2. The van der Waals surface area contributed by atoms with Gasteiger partial charge in [0.05, 0.1) is 37.8 Å². The van der Waals surface area contributed by atoms with E-state index < -0.39 is 6.03 Å². The number of likely N-dealkylation sites (tertiary alicyclic amines) is 1. The lowest BCUT2D eigenvalue weighted by Crippen LogP contribution is -2.47. The Bertz CT molecular complexity index is 2160.